The average molecular weight is 454 g/mol. The van der Waals surface area contributed by atoms with Crippen LogP contribution >= 0.6 is 36.2 Å². The van der Waals surface area contributed by atoms with Crippen LogP contribution in [0, 0.1) is 0 Å². The molecule has 1 aromatic carbocycles. The number of hydrogen-bond acceptors (Lipinski definition) is 7. The highest BCUT2D eigenvalue weighted by molar-refractivity contribution is 7.90. The fourth-order valence-corrected chi connectivity index (χ4v) is 5.10. The van der Waals surface area contributed by atoms with Gasteiger partial charge in [-0.15, -0.1) is 36.2 Å². The van der Waals surface area contributed by atoms with Crippen molar-refractivity contribution in [1.29, 1.82) is 0 Å². The molecule has 1 atom stereocenters. The van der Waals surface area contributed by atoms with E-state index in [-0.39, 0.29) is 36.6 Å². The van der Waals surface area contributed by atoms with Gasteiger partial charge in [0.25, 0.3) is 0 Å². The molecule has 1 unspecified atom stereocenters. The van der Waals surface area contributed by atoms with Gasteiger partial charge in [0.2, 0.25) is 0 Å². The summed E-state index contributed by atoms with van der Waals surface area (Å²) in [4.78, 5) is 6.88. The first-order valence-corrected chi connectivity index (χ1v) is 11.1. The lowest BCUT2D eigenvalue weighted by Gasteiger charge is -2.36. The molecule has 1 fully saturated rings. The Kier molecular flexibility index (Phi) is 9.47. The van der Waals surface area contributed by atoms with Gasteiger partial charge >= 0.3 is 0 Å². The third kappa shape index (κ3) is 6.58. The zero-order valence-electron chi connectivity index (χ0n) is 15.3. The molecule has 3 rings (SSSR count). The molecule has 152 valence electrons. The van der Waals surface area contributed by atoms with Gasteiger partial charge in [0.05, 0.1) is 18.8 Å². The number of ether oxygens (including phenoxy) is 1. The minimum atomic E-state index is -3.05. The van der Waals surface area contributed by atoms with Crippen molar-refractivity contribution >= 4 is 46.0 Å². The van der Waals surface area contributed by atoms with Crippen LogP contribution in [-0.4, -0.2) is 51.3 Å². The topological polar surface area (TPSA) is 71.5 Å². The Labute approximate surface area is 177 Å². The van der Waals surface area contributed by atoms with E-state index in [9.17, 15) is 8.42 Å². The maximum absolute atomic E-state index is 11.4. The van der Waals surface area contributed by atoms with Crippen LogP contribution in [0.5, 0.6) is 5.75 Å². The van der Waals surface area contributed by atoms with Crippen molar-refractivity contribution in [3.63, 3.8) is 0 Å². The molecule has 27 heavy (non-hydrogen) atoms. The van der Waals surface area contributed by atoms with E-state index in [1.807, 2.05) is 23.6 Å². The SMILES string of the molecule is COc1ccccc1C1CNCCN1Cc1csc(CS(C)(=O)=O)n1.Cl.Cl. The highest BCUT2D eigenvalue weighted by atomic mass is 35.5. The number of rotatable bonds is 6. The predicted octanol–water partition coefficient (Wildman–Crippen LogP) is 2.69. The first-order chi connectivity index (χ1) is 12.0. The number of methoxy groups -OCH3 is 1. The van der Waals surface area contributed by atoms with Crippen molar-refractivity contribution < 1.29 is 13.2 Å². The number of benzene rings is 1. The number of hydrogen-bond donors (Lipinski definition) is 1. The number of halogens is 2. The quantitative estimate of drug-likeness (QED) is 0.724. The number of thiazole rings is 1. The van der Waals surface area contributed by atoms with Gasteiger partial charge in [0.15, 0.2) is 9.84 Å². The third-order valence-corrected chi connectivity index (χ3v) is 6.08. The molecule has 10 heteroatoms. The molecule has 0 amide bonds. The van der Waals surface area contributed by atoms with Gasteiger partial charge in [-0.3, -0.25) is 4.90 Å². The van der Waals surface area contributed by atoms with Gasteiger partial charge in [0.1, 0.15) is 16.5 Å². The summed E-state index contributed by atoms with van der Waals surface area (Å²) in [7, 11) is -1.36. The number of para-hydroxylation sites is 1. The van der Waals surface area contributed by atoms with E-state index >= 15 is 0 Å². The lowest BCUT2D eigenvalue weighted by Crippen LogP contribution is -2.45. The summed E-state index contributed by atoms with van der Waals surface area (Å²) in [6.07, 6.45) is 1.24. The van der Waals surface area contributed by atoms with Crippen molar-refractivity contribution in [2.75, 3.05) is 33.0 Å². The van der Waals surface area contributed by atoms with Crippen LogP contribution in [0.2, 0.25) is 0 Å². The second-order valence-electron chi connectivity index (χ2n) is 6.24. The second-order valence-corrected chi connectivity index (χ2v) is 9.32. The van der Waals surface area contributed by atoms with Gasteiger partial charge in [-0.25, -0.2) is 13.4 Å². The highest BCUT2D eigenvalue weighted by Crippen LogP contribution is 2.31. The first-order valence-electron chi connectivity index (χ1n) is 8.15. The van der Waals surface area contributed by atoms with E-state index in [1.54, 1.807) is 7.11 Å². The van der Waals surface area contributed by atoms with Crippen molar-refractivity contribution in [3.05, 3.63) is 45.9 Å². The van der Waals surface area contributed by atoms with Gasteiger partial charge in [-0.2, -0.15) is 0 Å². The number of nitrogens with zero attached hydrogens (tertiary/aromatic N) is 2. The molecule has 1 saturated heterocycles. The summed E-state index contributed by atoms with van der Waals surface area (Å²) < 4.78 is 28.4. The van der Waals surface area contributed by atoms with Crippen molar-refractivity contribution in [2.24, 2.45) is 0 Å². The van der Waals surface area contributed by atoms with Crippen molar-refractivity contribution in [1.82, 2.24) is 15.2 Å². The molecule has 6 nitrogen and oxygen atoms in total. The molecule has 1 N–H and O–H groups in total. The summed E-state index contributed by atoms with van der Waals surface area (Å²) in [6, 6.07) is 8.28. The summed E-state index contributed by atoms with van der Waals surface area (Å²) in [5, 5.41) is 6.06. The Balaban J connectivity index is 0.00000182. The molecule has 1 aliphatic rings. The number of piperazine rings is 1. The van der Waals surface area contributed by atoms with E-state index in [0.29, 0.717) is 11.6 Å². The van der Waals surface area contributed by atoms with Crippen molar-refractivity contribution in [3.8, 4) is 5.75 Å². The Hall–Kier alpha value is -0.900. The maximum Gasteiger partial charge on any atom is 0.153 e. The number of aromatic nitrogens is 1. The third-order valence-electron chi connectivity index (χ3n) is 4.20. The summed E-state index contributed by atoms with van der Waals surface area (Å²) >= 11 is 1.41. The number of sulfone groups is 1. The molecule has 2 aromatic rings. The van der Waals surface area contributed by atoms with Gasteiger partial charge in [-0.1, -0.05) is 18.2 Å². The van der Waals surface area contributed by atoms with Crippen LogP contribution in [0.25, 0.3) is 0 Å². The molecular formula is C17H25Cl2N3O3S2. The van der Waals surface area contributed by atoms with Crippen LogP contribution < -0.4 is 10.1 Å². The Bertz CT molecular complexity index is 830. The van der Waals surface area contributed by atoms with Gasteiger partial charge < -0.3 is 10.1 Å². The Morgan fingerprint density at radius 3 is 2.78 bits per heavy atom. The largest absolute Gasteiger partial charge is 0.496 e. The molecular weight excluding hydrogens is 429 g/mol. The zero-order chi connectivity index (χ0) is 17.9. The summed E-state index contributed by atoms with van der Waals surface area (Å²) in [5.41, 5.74) is 2.08. The summed E-state index contributed by atoms with van der Waals surface area (Å²) in [6.45, 7) is 3.37. The monoisotopic (exact) mass is 453 g/mol. The molecule has 0 bridgehead atoms. The van der Waals surface area contributed by atoms with Gasteiger partial charge in [-0.05, 0) is 6.07 Å². The molecule has 2 heterocycles. The van der Waals surface area contributed by atoms with Crippen molar-refractivity contribution in [2.45, 2.75) is 18.3 Å². The van der Waals surface area contributed by atoms with Crippen LogP contribution in [0.4, 0.5) is 0 Å². The average Bonchev–Trinajstić information content (AvgIpc) is 3.00. The van der Waals surface area contributed by atoms with E-state index < -0.39 is 9.84 Å². The maximum atomic E-state index is 11.4. The molecule has 1 aliphatic heterocycles. The van der Waals surface area contributed by atoms with E-state index in [4.69, 9.17) is 4.74 Å². The van der Waals surface area contributed by atoms with E-state index in [2.05, 4.69) is 21.3 Å². The van der Waals surface area contributed by atoms with Crippen LogP contribution in [-0.2, 0) is 22.1 Å². The number of nitrogens with one attached hydrogen (secondary N) is 1. The lowest BCUT2D eigenvalue weighted by molar-refractivity contribution is 0.149. The molecule has 0 aliphatic carbocycles. The molecule has 1 aromatic heterocycles. The normalized spacial score (nSPS) is 17.6. The molecule has 0 radical (unpaired) electrons. The second kappa shape index (κ2) is 10.6. The minimum Gasteiger partial charge on any atom is -0.496 e. The van der Waals surface area contributed by atoms with E-state index in [0.717, 1.165) is 36.6 Å². The lowest BCUT2D eigenvalue weighted by atomic mass is 10.0. The summed E-state index contributed by atoms with van der Waals surface area (Å²) in [5.74, 6) is 0.895. The van der Waals surface area contributed by atoms with Gasteiger partial charge in [0, 0.05) is 43.4 Å². The fraction of sp³-hybridized carbons (Fsp3) is 0.471. The Morgan fingerprint density at radius 2 is 2.07 bits per heavy atom. The standard InChI is InChI=1S/C17H23N3O3S2.2ClH/c1-23-16-6-4-3-5-14(16)15-9-18-7-8-20(15)10-13-11-24-17(19-13)12-25(2,21)22;;/h3-6,11,15,18H,7-10,12H2,1-2H3;2*1H. The first kappa shape index (κ1) is 24.1. The predicted molar refractivity (Wildman–Crippen MR) is 114 cm³/mol. The zero-order valence-corrected chi connectivity index (χ0v) is 18.5. The Morgan fingerprint density at radius 1 is 1.33 bits per heavy atom. The fourth-order valence-electron chi connectivity index (χ4n) is 3.10. The molecule has 0 saturated carbocycles. The van der Waals surface area contributed by atoms with Crippen LogP contribution in [0.1, 0.15) is 22.3 Å². The molecule has 0 spiro atoms. The smallest absolute Gasteiger partial charge is 0.153 e. The van der Waals surface area contributed by atoms with Crippen LogP contribution in [0.15, 0.2) is 29.6 Å². The van der Waals surface area contributed by atoms with Crippen LogP contribution in [0.3, 0.4) is 0 Å². The highest BCUT2D eigenvalue weighted by Gasteiger charge is 2.26. The minimum absolute atomic E-state index is 0. The van der Waals surface area contributed by atoms with E-state index in [1.165, 1.54) is 17.6 Å².